The summed E-state index contributed by atoms with van der Waals surface area (Å²) in [6.07, 6.45) is -1.03. The Hall–Kier alpha value is -3.69. The van der Waals surface area contributed by atoms with Crippen molar-refractivity contribution in [3.05, 3.63) is 71.0 Å². The van der Waals surface area contributed by atoms with E-state index in [2.05, 4.69) is 5.32 Å². The molecule has 3 N–H and O–H groups in total. The van der Waals surface area contributed by atoms with Crippen LogP contribution in [-0.4, -0.2) is 44.1 Å². The highest BCUT2D eigenvalue weighted by atomic mass is 19.1. The van der Waals surface area contributed by atoms with E-state index < -0.39 is 6.29 Å². The van der Waals surface area contributed by atoms with E-state index in [-0.39, 0.29) is 53.7 Å². The second kappa shape index (κ2) is 8.76. The highest BCUT2D eigenvalue weighted by molar-refractivity contribution is 5.60. The minimum Gasteiger partial charge on any atom is -0.502 e. The Labute approximate surface area is 207 Å². The van der Waals surface area contributed by atoms with E-state index in [0.29, 0.717) is 18.1 Å². The molecule has 0 bridgehead atoms. The molecule has 0 radical (unpaired) electrons. The summed E-state index contributed by atoms with van der Waals surface area (Å²) in [5.41, 5.74) is 3.41. The first-order valence-electron chi connectivity index (χ1n) is 11.7. The van der Waals surface area contributed by atoms with Gasteiger partial charge < -0.3 is 39.2 Å². The van der Waals surface area contributed by atoms with Gasteiger partial charge in [0.1, 0.15) is 5.82 Å². The Bertz CT molecular complexity index is 1270. The highest BCUT2D eigenvalue weighted by Gasteiger charge is 2.51. The SMILES string of the molecule is COc1cc([C@@H]2c3cc4c(cc3[C@@H](Nc3ccc(F)cc3)[C@H]3COC(O)[C@H]23)OCO4)cc(OC)c1O. The van der Waals surface area contributed by atoms with Crippen LogP contribution in [0.1, 0.15) is 28.7 Å². The Kier molecular flexibility index (Phi) is 5.54. The molecule has 1 fully saturated rings. The summed E-state index contributed by atoms with van der Waals surface area (Å²) >= 11 is 0. The topological polar surface area (TPSA) is 98.6 Å². The van der Waals surface area contributed by atoms with E-state index in [1.54, 1.807) is 24.3 Å². The van der Waals surface area contributed by atoms with Gasteiger partial charge in [-0.05, 0) is 65.2 Å². The molecule has 5 atom stereocenters. The normalized spacial score (nSPS) is 25.7. The molecular weight excluding hydrogens is 469 g/mol. The van der Waals surface area contributed by atoms with Gasteiger partial charge in [-0.25, -0.2) is 4.39 Å². The van der Waals surface area contributed by atoms with Crippen LogP contribution in [0.3, 0.4) is 0 Å². The minimum atomic E-state index is -1.03. The summed E-state index contributed by atoms with van der Waals surface area (Å²) in [6, 6.07) is 13.3. The maximum atomic E-state index is 13.6. The first kappa shape index (κ1) is 22.8. The second-order valence-electron chi connectivity index (χ2n) is 9.18. The maximum Gasteiger partial charge on any atom is 0.231 e. The van der Waals surface area contributed by atoms with Crippen molar-refractivity contribution in [2.24, 2.45) is 11.8 Å². The zero-order chi connectivity index (χ0) is 25.0. The van der Waals surface area contributed by atoms with E-state index in [9.17, 15) is 14.6 Å². The standard InChI is InChI=1S/C27H26FNO7/c1-32-21-7-13(8-22(33-2)26(21)30)23-16-9-19-20(36-12-35-19)10-17(16)25(18-11-34-27(31)24(18)23)29-15-5-3-14(28)4-6-15/h3-10,18,23-25,27,29-31H,11-12H2,1-2H3/t18-,23+,24-,25+,27?/m0/s1. The van der Waals surface area contributed by atoms with Gasteiger partial charge in [0, 0.05) is 23.4 Å². The van der Waals surface area contributed by atoms with Crippen LogP contribution in [0.2, 0.25) is 0 Å². The number of phenolic OH excluding ortho intramolecular Hbond substituents is 1. The molecule has 3 aromatic carbocycles. The number of halogens is 1. The van der Waals surface area contributed by atoms with Crippen LogP contribution in [0.25, 0.3) is 0 Å². The van der Waals surface area contributed by atoms with E-state index >= 15 is 0 Å². The highest BCUT2D eigenvalue weighted by Crippen LogP contribution is 2.57. The molecule has 36 heavy (non-hydrogen) atoms. The van der Waals surface area contributed by atoms with Crippen molar-refractivity contribution in [2.75, 3.05) is 32.9 Å². The van der Waals surface area contributed by atoms with Gasteiger partial charge in [-0.1, -0.05) is 0 Å². The fourth-order valence-electron chi connectivity index (χ4n) is 5.73. The number of phenols is 1. The third-order valence-corrected chi connectivity index (χ3v) is 7.37. The fraction of sp³-hybridized carbons (Fsp3) is 0.333. The van der Waals surface area contributed by atoms with Crippen molar-refractivity contribution in [1.82, 2.24) is 0 Å². The van der Waals surface area contributed by atoms with E-state index in [1.807, 2.05) is 12.1 Å². The molecule has 0 aromatic heterocycles. The number of rotatable bonds is 5. The van der Waals surface area contributed by atoms with E-state index in [1.165, 1.54) is 26.4 Å². The number of methoxy groups -OCH3 is 2. The van der Waals surface area contributed by atoms with Crippen molar-refractivity contribution < 1.29 is 38.3 Å². The van der Waals surface area contributed by atoms with Gasteiger partial charge in [-0.15, -0.1) is 0 Å². The van der Waals surface area contributed by atoms with Crippen molar-refractivity contribution in [1.29, 1.82) is 0 Å². The Morgan fingerprint density at radius 2 is 1.58 bits per heavy atom. The first-order chi connectivity index (χ1) is 17.5. The molecule has 0 spiro atoms. The zero-order valence-electron chi connectivity index (χ0n) is 19.7. The molecule has 9 heteroatoms. The summed E-state index contributed by atoms with van der Waals surface area (Å²) in [4.78, 5) is 0. The average Bonchev–Trinajstić information content (AvgIpc) is 3.51. The van der Waals surface area contributed by atoms with Crippen LogP contribution in [0.15, 0.2) is 48.5 Å². The molecule has 2 aliphatic heterocycles. The lowest BCUT2D eigenvalue weighted by Crippen LogP contribution is -2.39. The largest absolute Gasteiger partial charge is 0.502 e. The Morgan fingerprint density at radius 1 is 0.944 bits per heavy atom. The third kappa shape index (κ3) is 3.58. The van der Waals surface area contributed by atoms with Crippen molar-refractivity contribution in [2.45, 2.75) is 18.2 Å². The van der Waals surface area contributed by atoms with Crippen LogP contribution in [0.4, 0.5) is 10.1 Å². The molecule has 1 aliphatic carbocycles. The van der Waals surface area contributed by atoms with Crippen LogP contribution in [0, 0.1) is 17.7 Å². The summed E-state index contributed by atoms with van der Waals surface area (Å²) < 4.78 is 41.6. The lowest BCUT2D eigenvalue weighted by Gasteiger charge is -2.42. The van der Waals surface area contributed by atoms with Crippen LogP contribution in [-0.2, 0) is 4.74 Å². The van der Waals surface area contributed by atoms with Crippen molar-refractivity contribution in [3.63, 3.8) is 0 Å². The number of hydrogen-bond donors (Lipinski definition) is 3. The average molecular weight is 496 g/mol. The van der Waals surface area contributed by atoms with Gasteiger partial charge in [0.05, 0.1) is 26.9 Å². The lowest BCUT2D eigenvalue weighted by molar-refractivity contribution is -0.0854. The van der Waals surface area contributed by atoms with Gasteiger partial charge in [-0.2, -0.15) is 0 Å². The number of aromatic hydroxyl groups is 1. The molecule has 188 valence electrons. The molecule has 3 aromatic rings. The van der Waals surface area contributed by atoms with Crippen molar-refractivity contribution in [3.8, 4) is 28.7 Å². The van der Waals surface area contributed by atoms with Crippen molar-refractivity contribution >= 4 is 5.69 Å². The summed E-state index contributed by atoms with van der Waals surface area (Å²) in [7, 11) is 2.95. The second-order valence-corrected chi connectivity index (χ2v) is 9.18. The maximum absolute atomic E-state index is 13.6. The van der Waals surface area contributed by atoms with Gasteiger partial charge in [-0.3, -0.25) is 0 Å². The molecule has 8 nitrogen and oxygen atoms in total. The van der Waals surface area contributed by atoms with E-state index in [4.69, 9.17) is 23.7 Å². The predicted molar refractivity (Wildman–Crippen MR) is 127 cm³/mol. The number of nitrogens with one attached hydrogen (secondary N) is 1. The third-order valence-electron chi connectivity index (χ3n) is 7.37. The van der Waals surface area contributed by atoms with Crippen LogP contribution < -0.4 is 24.3 Å². The predicted octanol–water partition coefficient (Wildman–Crippen LogP) is 4.16. The number of fused-ring (bicyclic) bond motifs is 3. The summed E-state index contributed by atoms with van der Waals surface area (Å²) in [5.74, 6) is 0.573. The number of anilines is 1. The Balaban J connectivity index is 1.54. The molecule has 3 aliphatic rings. The smallest absolute Gasteiger partial charge is 0.231 e. The molecular formula is C27H26FNO7. The molecule has 0 amide bonds. The molecule has 2 heterocycles. The van der Waals surface area contributed by atoms with Gasteiger partial charge >= 0.3 is 0 Å². The fourth-order valence-corrected chi connectivity index (χ4v) is 5.73. The van der Waals surface area contributed by atoms with Gasteiger partial charge in [0.25, 0.3) is 0 Å². The summed E-state index contributed by atoms with van der Waals surface area (Å²) in [6.45, 7) is 0.444. The first-order valence-corrected chi connectivity index (χ1v) is 11.7. The molecule has 6 rings (SSSR count). The number of benzene rings is 3. The number of ether oxygens (including phenoxy) is 5. The molecule has 0 saturated carbocycles. The number of aliphatic hydroxyl groups is 1. The van der Waals surface area contributed by atoms with E-state index in [0.717, 1.165) is 22.4 Å². The summed E-state index contributed by atoms with van der Waals surface area (Å²) in [5, 5.41) is 25.1. The van der Waals surface area contributed by atoms with Crippen LogP contribution in [0.5, 0.6) is 28.7 Å². The van der Waals surface area contributed by atoms with Gasteiger partial charge in [0.15, 0.2) is 29.3 Å². The van der Waals surface area contributed by atoms with Crippen LogP contribution >= 0.6 is 0 Å². The monoisotopic (exact) mass is 495 g/mol. The number of hydrogen-bond acceptors (Lipinski definition) is 8. The minimum absolute atomic E-state index is 0.0962. The zero-order valence-corrected chi connectivity index (χ0v) is 19.7. The Morgan fingerprint density at radius 3 is 2.22 bits per heavy atom. The molecule has 1 saturated heterocycles. The number of aliphatic hydroxyl groups excluding tert-OH is 1. The van der Waals surface area contributed by atoms with Gasteiger partial charge in [0.2, 0.25) is 12.5 Å². The molecule has 1 unspecified atom stereocenters. The lowest BCUT2D eigenvalue weighted by atomic mass is 9.65. The quantitative estimate of drug-likeness (QED) is 0.486.